The van der Waals surface area contributed by atoms with Crippen molar-refractivity contribution < 1.29 is 4.79 Å². The van der Waals surface area contributed by atoms with Crippen LogP contribution in [0.5, 0.6) is 0 Å². The summed E-state index contributed by atoms with van der Waals surface area (Å²) in [6.45, 7) is 2.68. The van der Waals surface area contributed by atoms with Crippen LogP contribution in [0.3, 0.4) is 0 Å². The Bertz CT molecular complexity index is 462. The number of carbonyl (C=O) groups is 1. The van der Waals surface area contributed by atoms with E-state index in [4.69, 9.17) is 28.9 Å². The van der Waals surface area contributed by atoms with E-state index in [-0.39, 0.29) is 11.9 Å². The number of likely N-dealkylation sites (N-methyl/N-ethyl adjacent to an activating group) is 1. The fraction of sp³-hybridized carbons (Fsp3) is 0.462. The number of carbonyl (C=O) groups excluding carboxylic acids is 1. The largest absolute Gasteiger partial charge is 0.397 e. The lowest BCUT2D eigenvalue weighted by Gasteiger charge is -2.24. The van der Waals surface area contributed by atoms with Crippen molar-refractivity contribution in [2.75, 3.05) is 36.7 Å². The minimum absolute atomic E-state index is 0.149. The molecule has 1 unspecified atom stereocenters. The van der Waals surface area contributed by atoms with Gasteiger partial charge in [-0.2, -0.15) is 11.8 Å². The summed E-state index contributed by atoms with van der Waals surface area (Å²) < 4.78 is 0. The second-order valence-corrected chi connectivity index (χ2v) is 6.32. The molecular formula is C13H19Cl2N3OS. The minimum atomic E-state index is -0.270. The second kappa shape index (κ2) is 7.98. The topological polar surface area (TPSA) is 58.4 Å². The van der Waals surface area contributed by atoms with Gasteiger partial charge in [-0.05, 0) is 32.4 Å². The number of nitrogens with one attached hydrogen (secondary N) is 1. The standard InChI is InChI=1S/C13H19Cl2N3OS/c1-8(18(2)4-5-20-3)13(19)17-12-10(15)6-9(14)7-11(12)16/h6-8H,4-5,16H2,1-3H3,(H,17,19). The molecule has 4 nitrogen and oxygen atoms in total. The maximum atomic E-state index is 12.2. The smallest absolute Gasteiger partial charge is 0.241 e. The number of hydrogen-bond acceptors (Lipinski definition) is 4. The molecule has 0 aliphatic heterocycles. The summed E-state index contributed by atoms with van der Waals surface area (Å²) in [7, 11) is 1.91. The summed E-state index contributed by atoms with van der Waals surface area (Å²) in [6.07, 6.45) is 2.03. The highest BCUT2D eigenvalue weighted by atomic mass is 35.5. The third-order valence-corrected chi connectivity index (χ3v) is 4.13. The number of rotatable bonds is 6. The molecule has 0 bridgehead atoms. The van der Waals surface area contributed by atoms with Gasteiger partial charge in [-0.3, -0.25) is 9.69 Å². The van der Waals surface area contributed by atoms with Gasteiger partial charge in [-0.25, -0.2) is 0 Å². The van der Waals surface area contributed by atoms with Gasteiger partial charge in [0.2, 0.25) is 5.91 Å². The number of nitrogen functional groups attached to an aromatic ring is 1. The number of nitrogens with zero attached hydrogens (tertiary/aromatic N) is 1. The lowest BCUT2D eigenvalue weighted by atomic mass is 10.2. The lowest BCUT2D eigenvalue weighted by molar-refractivity contribution is -0.120. The van der Waals surface area contributed by atoms with Crippen molar-refractivity contribution in [3.63, 3.8) is 0 Å². The minimum Gasteiger partial charge on any atom is -0.397 e. The molecule has 1 rings (SSSR count). The van der Waals surface area contributed by atoms with Crippen LogP contribution >= 0.6 is 35.0 Å². The van der Waals surface area contributed by atoms with Crippen LogP contribution < -0.4 is 11.1 Å². The van der Waals surface area contributed by atoms with Crippen LogP contribution in [0.1, 0.15) is 6.92 Å². The average molecular weight is 336 g/mol. The van der Waals surface area contributed by atoms with E-state index in [1.54, 1.807) is 23.9 Å². The molecule has 112 valence electrons. The monoisotopic (exact) mass is 335 g/mol. The third kappa shape index (κ3) is 4.74. The van der Waals surface area contributed by atoms with E-state index in [1.165, 1.54) is 0 Å². The molecule has 0 aliphatic rings. The molecule has 0 aromatic heterocycles. The Morgan fingerprint density at radius 3 is 2.70 bits per heavy atom. The van der Waals surface area contributed by atoms with Gasteiger partial charge < -0.3 is 11.1 Å². The number of thioether (sulfide) groups is 1. The van der Waals surface area contributed by atoms with E-state index in [0.29, 0.717) is 21.4 Å². The van der Waals surface area contributed by atoms with Gasteiger partial charge in [0.25, 0.3) is 0 Å². The van der Waals surface area contributed by atoms with Crippen molar-refractivity contribution in [3.05, 3.63) is 22.2 Å². The van der Waals surface area contributed by atoms with Crippen molar-refractivity contribution in [2.24, 2.45) is 0 Å². The fourth-order valence-electron chi connectivity index (χ4n) is 1.58. The summed E-state index contributed by atoms with van der Waals surface area (Å²) in [5.41, 5.74) is 6.59. The Kier molecular flexibility index (Phi) is 6.95. The summed E-state index contributed by atoms with van der Waals surface area (Å²) in [5, 5.41) is 3.54. The van der Waals surface area contributed by atoms with Crippen LogP contribution in [0.4, 0.5) is 11.4 Å². The molecule has 1 amide bonds. The van der Waals surface area contributed by atoms with Crippen LogP contribution in [0, 0.1) is 0 Å². The van der Waals surface area contributed by atoms with E-state index in [1.807, 2.05) is 25.1 Å². The van der Waals surface area contributed by atoms with Crippen LogP contribution in [-0.2, 0) is 4.79 Å². The molecule has 1 aromatic carbocycles. The van der Waals surface area contributed by atoms with Gasteiger partial charge in [-0.1, -0.05) is 23.2 Å². The molecule has 0 heterocycles. The van der Waals surface area contributed by atoms with Crippen molar-refractivity contribution >= 4 is 52.2 Å². The van der Waals surface area contributed by atoms with E-state index in [0.717, 1.165) is 12.3 Å². The quantitative estimate of drug-likeness (QED) is 0.784. The van der Waals surface area contributed by atoms with Crippen LogP contribution in [-0.4, -0.2) is 42.4 Å². The predicted octanol–water partition coefficient (Wildman–Crippen LogP) is 3.20. The predicted molar refractivity (Wildman–Crippen MR) is 90.0 cm³/mol. The third-order valence-electron chi connectivity index (χ3n) is 3.02. The highest BCUT2D eigenvalue weighted by molar-refractivity contribution is 7.98. The van der Waals surface area contributed by atoms with Crippen molar-refractivity contribution in [1.82, 2.24) is 4.90 Å². The Labute approximate surface area is 134 Å². The van der Waals surface area contributed by atoms with E-state index < -0.39 is 0 Å². The number of amides is 1. The van der Waals surface area contributed by atoms with Gasteiger partial charge in [0, 0.05) is 17.3 Å². The van der Waals surface area contributed by atoms with E-state index >= 15 is 0 Å². The second-order valence-electron chi connectivity index (χ2n) is 4.49. The number of anilines is 2. The van der Waals surface area contributed by atoms with Crippen molar-refractivity contribution in [2.45, 2.75) is 13.0 Å². The molecule has 1 aromatic rings. The first-order valence-electron chi connectivity index (χ1n) is 6.11. The molecule has 0 saturated heterocycles. The first-order valence-corrected chi connectivity index (χ1v) is 8.26. The van der Waals surface area contributed by atoms with Gasteiger partial charge in [-0.15, -0.1) is 0 Å². The van der Waals surface area contributed by atoms with E-state index in [9.17, 15) is 4.79 Å². The van der Waals surface area contributed by atoms with Gasteiger partial charge in [0.05, 0.1) is 22.4 Å². The fourth-order valence-corrected chi connectivity index (χ4v) is 2.61. The SMILES string of the molecule is CSCCN(C)C(C)C(=O)Nc1c(N)cc(Cl)cc1Cl. The Hall–Kier alpha value is -0.620. The summed E-state index contributed by atoms with van der Waals surface area (Å²) in [4.78, 5) is 14.2. The zero-order chi connectivity index (χ0) is 15.3. The summed E-state index contributed by atoms with van der Waals surface area (Å²) in [5.74, 6) is 0.822. The molecular weight excluding hydrogens is 317 g/mol. The zero-order valence-electron chi connectivity index (χ0n) is 11.7. The molecule has 0 radical (unpaired) electrons. The normalized spacial score (nSPS) is 12.5. The Balaban J connectivity index is 2.75. The van der Waals surface area contributed by atoms with Gasteiger partial charge >= 0.3 is 0 Å². The number of benzene rings is 1. The number of nitrogens with two attached hydrogens (primary N) is 1. The molecule has 0 aliphatic carbocycles. The average Bonchev–Trinajstić information content (AvgIpc) is 2.38. The molecule has 7 heteroatoms. The lowest BCUT2D eigenvalue weighted by Crippen LogP contribution is -2.40. The zero-order valence-corrected chi connectivity index (χ0v) is 14.1. The van der Waals surface area contributed by atoms with Gasteiger partial charge in [0.15, 0.2) is 0 Å². The van der Waals surface area contributed by atoms with E-state index in [2.05, 4.69) is 5.32 Å². The Morgan fingerprint density at radius 2 is 2.15 bits per heavy atom. The maximum absolute atomic E-state index is 12.2. The number of hydrogen-bond donors (Lipinski definition) is 2. The van der Waals surface area contributed by atoms with Crippen LogP contribution in [0.25, 0.3) is 0 Å². The number of halogens is 2. The van der Waals surface area contributed by atoms with Crippen LogP contribution in [0.15, 0.2) is 12.1 Å². The molecule has 3 N–H and O–H groups in total. The summed E-state index contributed by atoms with van der Waals surface area (Å²) >= 11 is 13.6. The first-order chi connectivity index (χ1) is 9.36. The molecule has 0 saturated carbocycles. The molecule has 0 fully saturated rings. The molecule has 0 spiro atoms. The summed E-state index contributed by atoms with van der Waals surface area (Å²) in [6, 6.07) is 2.84. The maximum Gasteiger partial charge on any atom is 0.241 e. The van der Waals surface area contributed by atoms with Crippen molar-refractivity contribution in [3.8, 4) is 0 Å². The van der Waals surface area contributed by atoms with Gasteiger partial charge in [0.1, 0.15) is 0 Å². The molecule has 20 heavy (non-hydrogen) atoms. The Morgan fingerprint density at radius 1 is 1.50 bits per heavy atom. The van der Waals surface area contributed by atoms with Crippen LogP contribution in [0.2, 0.25) is 10.0 Å². The first kappa shape index (κ1) is 17.4. The van der Waals surface area contributed by atoms with Crippen molar-refractivity contribution in [1.29, 1.82) is 0 Å². The molecule has 1 atom stereocenters. The highest BCUT2D eigenvalue weighted by Gasteiger charge is 2.19. The highest BCUT2D eigenvalue weighted by Crippen LogP contribution is 2.32.